The van der Waals surface area contributed by atoms with Crippen LogP contribution < -0.4 is 0 Å². The number of aromatic nitrogens is 2. The van der Waals surface area contributed by atoms with Gasteiger partial charge in [-0.25, -0.2) is 4.98 Å². The Bertz CT molecular complexity index is 1100. The molecule has 4 rings (SSSR count). The summed E-state index contributed by atoms with van der Waals surface area (Å²) in [5.74, 6) is 0. The molecule has 3 aromatic rings. The topological polar surface area (TPSA) is 53.1 Å². The fraction of sp³-hybridized carbons (Fsp3) is 0.333. The number of nitrogens with zero attached hydrogens (tertiary/aromatic N) is 4. The first kappa shape index (κ1) is 20.8. The molecule has 0 bridgehead atoms. The number of aliphatic imine (C=N–C) groups is 1. The Balaban J connectivity index is 1.86. The summed E-state index contributed by atoms with van der Waals surface area (Å²) in [5.41, 5.74) is 7.10. The highest BCUT2D eigenvalue weighted by Crippen LogP contribution is 2.31. The number of benzene rings is 1. The van der Waals surface area contributed by atoms with E-state index in [1.807, 2.05) is 18.3 Å². The zero-order valence-electron chi connectivity index (χ0n) is 17.5. The number of aryl methyl sites for hydroxylation is 1. The van der Waals surface area contributed by atoms with Gasteiger partial charge in [-0.1, -0.05) is 48.4 Å². The Morgan fingerprint density at radius 2 is 1.90 bits per heavy atom. The lowest BCUT2D eigenvalue weighted by Crippen LogP contribution is -2.27. The van der Waals surface area contributed by atoms with Crippen LogP contribution in [-0.4, -0.2) is 45.3 Å². The first-order valence-electron chi connectivity index (χ1n) is 10.4. The predicted octanol–water partition coefficient (Wildman–Crippen LogP) is 4.90. The summed E-state index contributed by atoms with van der Waals surface area (Å²) in [4.78, 5) is 11.7. The van der Waals surface area contributed by atoms with Crippen molar-refractivity contribution in [1.29, 1.82) is 0 Å². The molecule has 0 amide bonds. The number of likely N-dealkylation sites (N-methyl/N-ethyl adjacent to an activating group) is 1. The molecule has 0 unspecified atom stereocenters. The fourth-order valence-electron chi connectivity index (χ4n) is 3.80. The molecule has 0 spiro atoms. The third-order valence-corrected chi connectivity index (χ3v) is 5.89. The predicted molar refractivity (Wildman–Crippen MR) is 124 cm³/mol. The molecule has 1 N–H and O–H groups in total. The number of aliphatic hydroxyl groups excluding tert-OH is 1. The van der Waals surface area contributed by atoms with Gasteiger partial charge < -0.3 is 9.51 Å². The van der Waals surface area contributed by atoms with Crippen LogP contribution in [-0.2, 0) is 6.54 Å². The van der Waals surface area contributed by atoms with Gasteiger partial charge in [-0.2, -0.15) is 0 Å². The van der Waals surface area contributed by atoms with Gasteiger partial charge in [0.05, 0.1) is 23.7 Å². The minimum Gasteiger partial charge on any atom is -0.395 e. The molecule has 0 aliphatic carbocycles. The Labute approximate surface area is 182 Å². The zero-order valence-corrected chi connectivity index (χ0v) is 18.2. The largest absolute Gasteiger partial charge is 0.395 e. The summed E-state index contributed by atoms with van der Waals surface area (Å²) in [5, 5.41) is 10.3. The molecular formula is C24H27ClN4O. The van der Waals surface area contributed by atoms with E-state index >= 15 is 0 Å². The molecule has 2 aromatic heterocycles. The highest BCUT2D eigenvalue weighted by atomic mass is 35.5. The van der Waals surface area contributed by atoms with E-state index in [-0.39, 0.29) is 6.61 Å². The molecule has 0 saturated heterocycles. The second-order valence-electron chi connectivity index (χ2n) is 7.62. The summed E-state index contributed by atoms with van der Waals surface area (Å²) >= 11 is 6.48. The summed E-state index contributed by atoms with van der Waals surface area (Å²) in [7, 11) is 0. The van der Waals surface area contributed by atoms with E-state index in [0.29, 0.717) is 13.1 Å². The van der Waals surface area contributed by atoms with Crippen LogP contribution in [0.15, 0.2) is 52.6 Å². The molecule has 0 fully saturated rings. The van der Waals surface area contributed by atoms with Gasteiger partial charge in [0.1, 0.15) is 5.65 Å². The van der Waals surface area contributed by atoms with Crippen LogP contribution in [0.2, 0.25) is 0 Å². The van der Waals surface area contributed by atoms with Gasteiger partial charge in [0.25, 0.3) is 0 Å². The van der Waals surface area contributed by atoms with Gasteiger partial charge in [-0.3, -0.25) is 9.89 Å². The molecule has 1 aliphatic heterocycles. The molecule has 6 heteroatoms. The second kappa shape index (κ2) is 9.13. The molecule has 5 nitrogen and oxygen atoms in total. The van der Waals surface area contributed by atoms with Crippen molar-refractivity contribution in [3.05, 3.63) is 64.4 Å². The van der Waals surface area contributed by atoms with Crippen LogP contribution in [0, 0.1) is 6.92 Å². The second-order valence-corrected chi connectivity index (χ2v) is 8.07. The lowest BCUT2D eigenvalue weighted by atomic mass is 10.1. The SMILES string of the molecule is CCN(CCO)Cc1c(-c2ccc(C)cc2)nc2ccc(C3=C(Cl)CCC=N3)cn12. The summed E-state index contributed by atoms with van der Waals surface area (Å²) < 4.78 is 2.14. The van der Waals surface area contributed by atoms with Crippen molar-refractivity contribution in [2.45, 2.75) is 33.2 Å². The number of imidazole rings is 1. The van der Waals surface area contributed by atoms with Crippen molar-refractivity contribution in [3.63, 3.8) is 0 Å². The Hall–Kier alpha value is -2.47. The molecule has 156 valence electrons. The van der Waals surface area contributed by atoms with E-state index in [4.69, 9.17) is 16.6 Å². The molecule has 0 radical (unpaired) electrons. The van der Waals surface area contributed by atoms with Gasteiger partial charge in [0.15, 0.2) is 0 Å². The van der Waals surface area contributed by atoms with Crippen molar-refractivity contribution in [2.24, 2.45) is 4.99 Å². The average Bonchev–Trinajstić information content (AvgIpc) is 3.12. The molecule has 0 atom stereocenters. The van der Waals surface area contributed by atoms with Crippen LogP contribution in [0.25, 0.3) is 22.6 Å². The molecular weight excluding hydrogens is 396 g/mol. The minimum atomic E-state index is 0.132. The quantitative estimate of drug-likeness (QED) is 0.589. The third kappa shape index (κ3) is 4.19. The number of fused-ring (bicyclic) bond motifs is 1. The van der Waals surface area contributed by atoms with Crippen molar-refractivity contribution < 1.29 is 5.11 Å². The van der Waals surface area contributed by atoms with E-state index in [2.05, 4.69) is 58.6 Å². The van der Waals surface area contributed by atoms with Crippen LogP contribution in [0.3, 0.4) is 0 Å². The normalized spacial score (nSPS) is 14.3. The van der Waals surface area contributed by atoms with Crippen LogP contribution in [0.4, 0.5) is 0 Å². The third-order valence-electron chi connectivity index (χ3n) is 5.52. The van der Waals surface area contributed by atoms with E-state index < -0.39 is 0 Å². The first-order valence-corrected chi connectivity index (χ1v) is 10.8. The maximum Gasteiger partial charge on any atom is 0.137 e. The molecule has 3 heterocycles. The molecule has 1 aliphatic rings. The number of pyridine rings is 1. The monoisotopic (exact) mass is 422 g/mol. The van der Waals surface area contributed by atoms with Gasteiger partial charge in [-0.15, -0.1) is 0 Å². The van der Waals surface area contributed by atoms with E-state index in [0.717, 1.165) is 58.3 Å². The molecule has 1 aromatic carbocycles. The van der Waals surface area contributed by atoms with E-state index in [1.165, 1.54) is 5.56 Å². The Morgan fingerprint density at radius 3 is 2.60 bits per heavy atom. The summed E-state index contributed by atoms with van der Waals surface area (Å²) in [6.07, 6.45) is 5.72. The number of halogens is 1. The van der Waals surface area contributed by atoms with Crippen molar-refractivity contribution in [2.75, 3.05) is 19.7 Å². The van der Waals surface area contributed by atoms with E-state index in [1.54, 1.807) is 0 Å². The van der Waals surface area contributed by atoms with Crippen molar-refractivity contribution in [3.8, 4) is 11.3 Å². The van der Waals surface area contributed by atoms with Gasteiger partial charge in [0, 0.05) is 41.7 Å². The molecule has 30 heavy (non-hydrogen) atoms. The smallest absolute Gasteiger partial charge is 0.137 e. The zero-order chi connectivity index (χ0) is 21.1. The standard InChI is InChI=1S/C24H27ClN4O/c1-3-28(13-14-30)16-21-24(18-8-6-17(2)7-9-18)27-22-11-10-19(15-29(21)22)23-20(25)5-4-12-26-23/h6-12,15,30H,3-5,13-14,16H2,1-2H3. The van der Waals surface area contributed by atoms with Crippen LogP contribution in [0.1, 0.15) is 36.6 Å². The maximum absolute atomic E-state index is 9.47. The fourth-order valence-corrected chi connectivity index (χ4v) is 4.06. The molecule has 0 saturated carbocycles. The van der Waals surface area contributed by atoms with Crippen LogP contribution in [0.5, 0.6) is 0 Å². The highest BCUT2D eigenvalue weighted by molar-refractivity contribution is 6.33. The summed E-state index contributed by atoms with van der Waals surface area (Å²) in [6, 6.07) is 12.5. The van der Waals surface area contributed by atoms with Gasteiger partial charge in [0.2, 0.25) is 0 Å². The average molecular weight is 423 g/mol. The van der Waals surface area contributed by atoms with Crippen LogP contribution >= 0.6 is 11.6 Å². The van der Waals surface area contributed by atoms with Gasteiger partial charge in [-0.05, 0) is 38.4 Å². The number of aliphatic hydroxyl groups is 1. The van der Waals surface area contributed by atoms with Crippen molar-refractivity contribution >= 4 is 29.2 Å². The number of allylic oxidation sites excluding steroid dienone is 1. The first-order chi connectivity index (χ1) is 14.6. The minimum absolute atomic E-state index is 0.132. The summed E-state index contributed by atoms with van der Waals surface area (Å²) in [6.45, 7) is 6.49. The Kier molecular flexibility index (Phi) is 6.32. The number of hydrogen-bond acceptors (Lipinski definition) is 4. The maximum atomic E-state index is 9.47. The van der Waals surface area contributed by atoms with Crippen molar-refractivity contribution in [1.82, 2.24) is 14.3 Å². The Morgan fingerprint density at radius 1 is 1.13 bits per heavy atom. The van der Waals surface area contributed by atoms with E-state index in [9.17, 15) is 5.11 Å². The number of rotatable bonds is 7. The highest BCUT2D eigenvalue weighted by Gasteiger charge is 2.18. The number of hydrogen-bond donors (Lipinski definition) is 1. The lowest BCUT2D eigenvalue weighted by molar-refractivity contribution is 0.195. The lowest BCUT2D eigenvalue weighted by Gasteiger charge is -2.20. The van der Waals surface area contributed by atoms with Gasteiger partial charge >= 0.3 is 0 Å².